The van der Waals surface area contributed by atoms with Crippen LogP contribution in [-0.4, -0.2) is 35.4 Å². The summed E-state index contributed by atoms with van der Waals surface area (Å²) in [4.78, 5) is 20.9. The fourth-order valence-corrected chi connectivity index (χ4v) is 5.07. The van der Waals surface area contributed by atoms with Gasteiger partial charge in [-0.25, -0.2) is 0 Å². The molecule has 0 atom stereocenters. The van der Waals surface area contributed by atoms with E-state index in [0.717, 1.165) is 38.9 Å². The molecular formula is C25H29N3OS. The average Bonchev–Trinajstić information content (AvgIpc) is 3.32. The maximum absolute atomic E-state index is 13.1. The Morgan fingerprint density at radius 2 is 1.80 bits per heavy atom. The maximum Gasteiger partial charge on any atom is 0.226 e. The molecule has 0 radical (unpaired) electrons. The molecule has 1 fully saturated rings. The molecule has 5 heteroatoms. The Kier molecular flexibility index (Phi) is 6.60. The molecular weight excluding hydrogens is 390 g/mol. The molecule has 1 aliphatic heterocycles. The van der Waals surface area contributed by atoms with Crippen LogP contribution in [0.1, 0.15) is 30.9 Å². The molecule has 0 saturated carbocycles. The highest BCUT2D eigenvalue weighted by atomic mass is 32.1. The van der Waals surface area contributed by atoms with Crippen LogP contribution in [0.15, 0.2) is 66.3 Å². The lowest BCUT2D eigenvalue weighted by atomic mass is 9.72. The maximum atomic E-state index is 13.1. The summed E-state index contributed by atoms with van der Waals surface area (Å²) in [5.74, 6) is 0.205. The van der Waals surface area contributed by atoms with E-state index in [9.17, 15) is 4.79 Å². The van der Waals surface area contributed by atoms with E-state index < -0.39 is 0 Å². The van der Waals surface area contributed by atoms with E-state index >= 15 is 0 Å². The number of hydrogen-bond donors (Lipinski definition) is 1. The fourth-order valence-electron chi connectivity index (χ4n) is 4.34. The molecule has 4 rings (SSSR count). The SMILES string of the molecule is CCNC(=O)C1(Cc2ccc(-c3cccs3)cc2)CCN(Cc2ccncc2)CC1. The Bertz CT molecular complexity index is 930. The summed E-state index contributed by atoms with van der Waals surface area (Å²) in [6, 6.07) is 17.1. The van der Waals surface area contributed by atoms with Crippen LogP contribution >= 0.6 is 11.3 Å². The van der Waals surface area contributed by atoms with Gasteiger partial charge in [-0.1, -0.05) is 30.3 Å². The first-order valence-electron chi connectivity index (χ1n) is 10.7. The van der Waals surface area contributed by atoms with Crippen molar-refractivity contribution in [3.05, 3.63) is 77.4 Å². The predicted octanol–water partition coefficient (Wildman–Crippen LogP) is 4.77. The molecule has 4 nitrogen and oxygen atoms in total. The molecule has 1 aliphatic rings. The molecule has 30 heavy (non-hydrogen) atoms. The minimum atomic E-state index is -0.324. The van der Waals surface area contributed by atoms with E-state index in [1.807, 2.05) is 19.3 Å². The van der Waals surface area contributed by atoms with Crippen LogP contribution in [-0.2, 0) is 17.8 Å². The van der Waals surface area contributed by atoms with Gasteiger partial charge in [-0.2, -0.15) is 0 Å². The number of amides is 1. The van der Waals surface area contributed by atoms with Crippen LogP contribution in [0.3, 0.4) is 0 Å². The van der Waals surface area contributed by atoms with Crippen molar-refractivity contribution in [2.24, 2.45) is 5.41 Å². The van der Waals surface area contributed by atoms with Crippen LogP contribution in [0.4, 0.5) is 0 Å². The summed E-state index contributed by atoms with van der Waals surface area (Å²) < 4.78 is 0. The van der Waals surface area contributed by atoms with Crippen LogP contribution in [0, 0.1) is 5.41 Å². The van der Waals surface area contributed by atoms with E-state index in [2.05, 4.69) is 69.1 Å². The summed E-state index contributed by atoms with van der Waals surface area (Å²) >= 11 is 1.76. The molecule has 1 amide bonds. The number of piperidine rings is 1. The third-order valence-corrected chi connectivity index (χ3v) is 7.01. The molecule has 2 aromatic heterocycles. The summed E-state index contributed by atoms with van der Waals surface area (Å²) in [6.07, 6.45) is 6.26. The lowest BCUT2D eigenvalue weighted by molar-refractivity contribution is -0.134. The Balaban J connectivity index is 1.46. The van der Waals surface area contributed by atoms with Gasteiger partial charge >= 0.3 is 0 Å². The summed E-state index contributed by atoms with van der Waals surface area (Å²) in [6.45, 7) is 5.47. The lowest BCUT2D eigenvalue weighted by Gasteiger charge is -2.41. The number of pyridine rings is 1. The number of likely N-dealkylation sites (tertiary alicyclic amines) is 1. The predicted molar refractivity (Wildman–Crippen MR) is 123 cm³/mol. The average molecular weight is 420 g/mol. The van der Waals surface area contributed by atoms with Gasteiger partial charge in [0.1, 0.15) is 0 Å². The highest BCUT2D eigenvalue weighted by Gasteiger charge is 2.41. The summed E-state index contributed by atoms with van der Waals surface area (Å²) in [5, 5.41) is 5.21. The van der Waals surface area contributed by atoms with Gasteiger partial charge in [-0.3, -0.25) is 14.7 Å². The van der Waals surface area contributed by atoms with Crippen molar-refractivity contribution in [1.29, 1.82) is 0 Å². The molecule has 0 unspecified atom stereocenters. The number of benzene rings is 1. The van der Waals surface area contributed by atoms with Crippen molar-refractivity contribution in [2.75, 3.05) is 19.6 Å². The van der Waals surface area contributed by atoms with E-state index in [4.69, 9.17) is 0 Å². The van der Waals surface area contributed by atoms with E-state index in [-0.39, 0.29) is 11.3 Å². The first-order valence-corrected chi connectivity index (χ1v) is 11.6. The largest absolute Gasteiger partial charge is 0.356 e. The van der Waals surface area contributed by atoms with E-state index in [1.54, 1.807) is 11.3 Å². The van der Waals surface area contributed by atoms with Gasteiger partial charge in [0.15, 0.2) is 0 Å². The standard InChI is InChI=1S/C25H29N3OS/c1-2-27-24(29)25(11-15-28(16-12-25)19-21-9-13-26-14-10-21)18-20-5-7-22(8-6-20)23-4-3-17-30-23/h3-10,13-14,17H,2,11-12,15-16,18-19H2,1H3,(H,27,29). The second-order valence-electron chi connectivity index (χ2n) is 8.12. The molecule has 156 valence electrons. The molecule has 3 aromatic rings. The van der Waals surface area contributed by atoms with Crippen LogP contribution in [0.2, 0.25) is 0 Å². The lowest BCUT2D eigenvalue weighted by Crippen LogP contribution is -2.49. The topological polar surface area (TPSA) is 45.2 Å². The molecule has 1 saturated heterocycles. The van der Waals surface area contributed by atoms with Crippen LogP contribution in [0.5, 0.6) is 0 Å². The molecule has 1 aromatic carbocycles. The van der Waals surface area contributed by atoms with Crippen molar-refractivity contribution in [3.63, 3.8) is 0 Å². The normalized spacial score (nSPS) is 16.3. The minimum Gasteiger partial charge on any atom is -0.356 e. The fraction of sp³-hybridized carbons (Fsp3) is 0.360. The number of nitrogens with one attached hydrogen (secondary N) is 1. The zero-order valence-electron chi connectivity index (χ0n) is 17.5. The molecule has 1 N–H and O–H groups in total. The van der Waals surface area contributed by atoms with Gasteiger partial charge in [0.05, 0.1) is 5.41 Å². The van der Waals surface area contributed by atoms with Crippen LogP contribution in [0.25, 0.3) is 10.4 Å². The van der Waals surface area contributed by atoms with Crippen molar-refractivity contribution in [2.45, 2.75) is 32.7 Å². The highest BCUT2D eigenvalue weighted by molar-refractivity contribution is 7.13. The first kappa shape index (κ1) is 20.8. The van der Waals surface area contributed by atoms with Crippen molar-refractivity contribution in [1.82, 2.24) is 15.2 Å². The van der Waals surface area contributed by atoms with Gasteiger partial charge in [0, 0.05) is 30.4 Å². The third-order valence-electron chi connectivity index (χ3n) is 6.09. The zero-order chi connectivity index (χ0) is 20.8. The van der Waals surface area contributed by atoms with Gasteiger partial charge < -0.3 is 5.32 Å². The number of carbonyl (C=O) groups is 1. The summed E-state index contributed by atoms with van der Waals surface area (Å²) in [5.41, 5.74) is 3.44. The Morgan fingerprint density at radius 3 is 2.43 bits per heavy atom. The summed E-state index contributed by atoms with van der Waals surface area (Å²) in [7, 11) is 0. The Labute approximate surface area is 183 Å². The monoisotopic (exact) mass is 419 g/mol. The number of aromatic nitrogens is 1. The van der Waals surface area contributed by atoms with Crippen molar-refractivity contribution >= 4 is 17.2 Å². The number of thiophene rings is 1. The van der Waals surface area contributed by atoms with Crippen molar-refractivity contribution in [3.8, 4) is 10.4 Å². The van der Waals surface area contributed by atoms with Gasteiger partial charge in [-0.15, -0.1) is 11.3 Å². The number of carbonyl (C=O) groups excluding carboxylic acids is 1. The second kappa shape index (κ2) is 9.54. The van der Waals surface area contributed by atoms with Crippen LogP contribution < -0.4 is 5.32 Å². The minimum absolute atomic E-state index is 0.205. The smallest absolute Gasteiger partial charge is 0.226 e. The quantitative estimate of drug-likeness (QED) is 0.600. The molecule has 3 heterocycles. The Morgan fingerprint density at radius 1 is 1.07 bits per heavy atom. The molecule has 0 aliphatic carbocycles. The number of hydrogen-bond acceptors (Lipinski definition) is 4. The van der Waals surface area contributed by atoms with Gasteiger partial charge in [0.25, 0.3) is 0 Å². The first-order chi connectivity index (χ1) is 14.7. The van der Waals surface area contributed by atoms with Crippen molar-refractivity contribution < 1.29 is 4.79 Å². The number of rotatable bonds is 7. The zero-order valence-corrected chi connectivity index (χ0v) is 18.3. The molecule has 0 bridgehead atoms. The number of nitrogens with zero attached hydrogens (tertiary/aromatic N) is 2. The highest BCUT2D eigenvalue weighted by Crippen LogP contribution is 2.36. The second-order valence-corrected chi connectivity index (χ2v) is 9.07. The Hall–Kier alpha value is -2.50. The van der Waals surface area contributed by atoms with E-state index in [1.165, 1.54) is 21.6 Å². The van der Waals surface area contributed by atoms with E-state index in [0.29, 0.717) is 6.54 Å². The third kappa shape index (κ3) is 4.79. The van der Waals surface area contributed by atoms with Gasteiger partial charge in [-0.05, 0) is 79.5 Å². The van der Waals surface area contributed by atoms with Gasteiger partial charge in [0.2, 0.25) is 5.91 Å². The molecule has 0 spiro atoms.